The Labute approximate surface area is 147 Å². The van der Waals surface area contributed by atoms with Crippen molar-refractivity contribution in [2.45, 2.75) is 25.9 Å². The van der Waals surface area contributed by atoms with Crippen LogP contribution in [0.4, 0.5) is 0 Å². The number of aliphatic hydroxyl groups excluding tert-OH is 1. The van der Waals surface area contributed by atoms with Crippen LogP contribution in [-0.4, -0.2) is 46.6 Å². The predicted octanol–water partition coefficient (Wildman–Crippen LogP) is 2.28. The molecule has 0 aliphatic heterocycles. The standard InChI is InChI=1S/C19H22N2O4/c1-3-17(13-22)21(12-16-6-4-5-11-20-16)18(23)14-7-9-15(10-8-14)19(24)25-2/h4-11,17,22H,3,12-13H2,1-2H3/t17-/m0/s1. The lowest BCUT2D eigenvalue weighted by molar-refractivity contribution is 0.0557. The van der Waals surface area contributed by atoms with Gasteiger partial charge in [0.1, 0.15) is 0 Å². The van der Waals surface area contributed by atoms with Gasteiger partial charge in [-0.1, -0.05) is 13.0 Å². The van der Waals surface area contributed by atoms with Gasteiger partial charge in [0.15, 0.2) is 0 Å². The smallest absolute Gasteiger partial charge is 0.337 e. The summed E-state index contributed by atoms with van der Waals surface area (Å²) in [4.78, 5) is 30.3. The molecule has 1 heterocycles. The Hall–Kier alpha value is -2.73. The fraction of sp³-hybridized carbons (Fsp3) is 0.316. The maximum Gasteiger partial charge on any atom is 0.337 e. The quantitative estimate of drug-likeness (QED) is 0.781. The molecule has 0 spiro atoms. The number of hydrogen-bond donors (Lipinski definition) is 1. The number of carbonyl (C=O) groups is 2. The summed E-state index contributed by atoms with van der Waals surface area (Å²) in [7, 11) is 1.31. The van der Waals surface area contributed by atoms with Gasteiger partial charge < -0.3 is 14.7 Å². The number of nitrogens with zero attached hydrogens (tertiary/aromatic N) is 2. The first kappa shape index (κ1) is 18.6. The molecule has 1 N–H and O–H groups in total. The normalized spacial score (nSPS) is 11.6. The number of pyridine rings is 1. The molecule has 2 rings (SSSR count). The summed E-state index contributed by atoms with van der Waals surface area (Å²) < 4.78 is 4.66. The van der Waals surface area contributed by atoms with Gasteiger partial charge in [0, 0.05) is 11.8 Å². The van der Waals surface area contributed by atoms with E-state index in [4.69, 9.17) is 0 Å². The van der Waals surface area contributed by atoms with Crippen LogP contribution < -0.4 is 0 Å². The molecule has 0 saturated heterocycles. The fourth-order valence-electron chi connectivity index (χ4n) is 2.51. The van der Waals surface area contributed by atoms with Crippen molar-refractivity contribution < 1.29 is 19.4 Å². The molecule has 0 saturated carbocycles. The largest absolute Gasteiger partial charge is 0.465 e. The summed E-state index contributed by atoms with van der Waals surface area (Å²) >= 11 is 0. The molecular formula is C19H22N2O4. The molecule has 0 aliphatic rings. The number of benzene rings is 1. The average molecular weight is 342 g/mol. The number of hydrogen-bond acceptors (Lipinski definition) is 5. The highest BCUT2D eigenvalue weighted by Gasteiger charge is 2.24. The van der Waals surface area contributed by atoms with E-state index in [0.717, 1.165) is 5.69 Å². The van der Waals surface area contributed by atoms with E-state index in [1.807, 2.05) is 25.1 Å². The number of amides is 1. The van der Waals surface area contributed by atoms with Gasteiger partial charge in [-0.15, -0.1) is 0 Å². The Balaban J connectivity index is 2.26. The van der Waals surface area contributed by atoms with Crippen molar-refractivity contribution in [1.29, 1.82) is 0 Å². The zero-order chi connectivity index (χ0) is 18.2. The summed E-state index contributed by atoms with van der Waals surface area (Å²) in [5, 5.41) is 9.64. The second kappa shape index (κ2) is 8.94. The van der Waals surface area contributed by atoms with Crippen molar-refractivity contribution in [3.8, 4) is 0 Å². The Morgan fingerprint density at radius 1 is 1.16 bits per heavy atom. The second-order valence-corrected chi connectivity index (χ2v) is 5.57. The highest BCUT2D eigenvalue weighted by molar-refractivity contribution is 5.96. The third kappa shape index (κ3) is 4.64. The molecule has 25 heavy (non-hydrogen) atoms. The molecule has 132 valence electrons. The van der Waals surface area contributed by atoms with Crippen molar-refractivity contribution in [2.75, 3.05) is 13.7 Å². The van der Waals surface area contributed by atoms with Gasteiger partial charge in [0.05, 0.1) is 37.6 Å². The lowest BCUT2D eigenvalue weighted by Gasteiger charge is -2.30. The Morgan fingerprint density at radius 2 is 1.84 bits per heavy atom. The van der Waals surface area contributed by atoms with Crippen LogP contribution in [0.5, 0.6) is 0 Å². The summed E-state index contributed by atoms with van der Waals surface area (Å²) in [6.45, 7) is 2.09. The molecule has 0 radical (unpaired) electrons. The van der Waals surface area contributed by atoms with E-state index in [-0.39, 0.29) is 18.6 Å². The van der Waals surface area contributed by atoms with Gasteiger partial charge in [-0.3, -0.25) is 9.78 Å². The van der Waals surface area contributed by atoms with Gasteiger partial charge >= 0.3 is 5.97 Å². The average Bonchev–Trinajstić information content (AvgIpc) is 2.68. The number of carbonyl (C=O) groups excluding carboxylic acids is 2. The molecule has 6 heteroatoms. The number of aromatic nitrogens is 1. The Kier molecular flexibility index (Phi) is 6.65. The first-order chi connectivity index (χ1) is 12.1. The Bertz CT molecular complexity index is 697. The fourth-order valence-corrected chi connectivity index (χ4v) is 2.51. The lowest BCUT2D eigenvalue weighted by atomic mass is 10.1. The minimum Gasteiger partial charge on any atom is -0.465 e. The van der Waals surface area contributed by atoms with Gasteiger partial charge in [0.2, 0.25) is 0 Å². The van der Waals surface area contributed by atoms with Crippen molar-refractivity contribution in [1.82, 2.24) is 9.88 Å². The maximum atomic E-state index is 12.9. The third-order valence-electron chi connectivity index (χ3n) is 4.00. The topological polar surface area (TPSA) is 79.7 Å². The molecule has 2 aromatic rings. The van der Waals surface area contributed by atoms with Gasteiger partial charge in [0.25, 0.3) is 5.91 Å². The number of ether oxygens (including phenoxy) is 1. The Morgan fingerprint density at radius 3 is 2.36 bits per heavy atom. The molecule has 0 aliphatic carbocycles. The van der Waals surface area contributed by atoms with E-state index in [1.165, 1.54) is 7.11 Å². The van der Waals surface area contributed by atoms with E-state index in [1.54, 1.807) is 35.4 Å². The van der Waals surface area contributed by atoms with Crippen LogP contribution in [0.15, 0.2) is 48.7 Å². The van der Waals surface area contributed by atoms with Crippen LogP contribution in [0.25, 0.3) is 0 Å². The molecule has 0 fully saturated rings. The maximum absolute atomic E-state index is 12.9. The van der Waals surface area contributed by atoms with Crippen molar-refractivity contribution in [3.05, 3.63) is 65.5 Å². The van der Waals surface area contributed by atoms with Crippen LogP contribution in [-0.2, 0) is 11.3 Å². The predicted molar refractivity (Wildman–Crippen MR) is 93.1 cm³/mol. The molecule has 1 aromatic heterocycles. The van der Waals surface area contributed by atoms with Crippen LogP contribution >= 0.6 is 0 Å². The first-order valence-electron chi connectivity index (χ1n) is 8.10. The van der Waals surface area contributed by atoms with Crippen LogP contribution in [0.3, 0.4) is 0 Å². The molecule has 1 amide bonds. The van der Waals surface area contributed by atoms with E-state index < -0.39 is 5.97 Å². The van der Waals surface area contributed by atoms with Crippen molar-refractivity contribution >= 4 is 11.9 Å². The van der Waals surface area contributed by atoms with E-state index in [9.17, 15) is 14.7 Å². The summed E-state index contributed by atoms with van der Waals surface area (Å²) in [6.07, 6.45) is 2.29. The highest BCUT2D eigenvalue weighted by atomic mass is 16.5. The van der Waals surface area contributed by atoms with Gasteiger partial charge in [-0.2, -0.15) is 0 Å². The minimum absolute atomic E-state index is 0.130. The molecule has 6 nitrogen and oxygen atoms in total. The van der Waals surface area contributed by atoms with Crippen LogP contribution in [0.1, 0.15) is 39.8 Å². The SMILES string of the molecule is CC[C@@H](CO)N(Cc1ccccn1)C(=O)c1ccc(C(=O)OC)cc1. The van der Waals surface area contributed by atoms with E-state index >= 15 is 0 Å². The zero-order valence-corrected chi connectivity index (χ0v) is 14.4. The van der Waals surface area contributed by atoms with E-state index in [2.05, 4.69) is 9.72 Å². The van der Waals surface area contributed by atoms with E-state index in [0.29, 0.717) is 24.1 Å². The van der Waals surface area contributed by atoms with Gasteiger partial charge in [-0.25, -0.2) is 4.79 Å². The zero-order valence-electron chi connectivity index (χ0n) is 14.4. The number of methoxy groups -OCH3 is 1. The van der Waals surface area contributed by atoms with Crippen LogP contribution in [0, 0.1) is 0 Å². The summed E-state index contributed by atoms with van der Waals surface area (Å²) in [5.74, 6) is -0.672. The van der Waals surface area contributed by atoms with Crippen LogP contribution in [0.2, 0.25) is 0 Å². The second-order valence-electron chi connectivity index (χ2n) is 5.57. The number of aliphatic hydroxyl groups is 1. The monoisotopic (exact) mass is 342 g/mol. The molecule has 0 bridgehead atoms. The summed E-state index contributed by atoms with van der Waals surface area (Å²) in [6, 6.07) is 11.5. The first-order valence-corrected chi connectivity index (χ1v) is 8.10. The molecule has 1 aromatic carbocycles. The molecule has 0 unspecified atom stereocenters. The lowest BCUT2D eigenvalue weighted by Crippen LogP contribution is -2.41. The van der Waals surface area contributed by atoms with Gasteiger partial charge in [-0.05, 0) is 42.8 Å². The van der Waals surface area contributed by atoms with Crippen molar-refractivity contribution in [3.63, 3.8) is 0 Å². The minimum atomic E-state index is -0.453. The highest BCUT2D eigenvalue weighted by Crippen LogP contribution is 2.15. The molecule has 1 atom stereocenters. The van der Waals surface area contributed by atoms with Crippen molar-refractivity contribution in [2.24, 2.45) is 0 Å². The number of rotatable bonds is 7. The summed E-state index contributed by atoms with van der Waals surface area (Å²) in [5.41, 5.74) is 1.56. The molecular weight excluding hydrogens is 320 g/mol. The number of esters is 1. The third-order valence-corrected chi connectivity index (χ3v) is 4.00.